The molecule has 1 aromatic carbocycles. The molecule has 0 unspecified atom stereocenters. The van der Waals surface area contributed by atoms with Gasteiger partial charge in [0, 0.05) is 38.1 Å². The van der Waals surface area contributed by atoms with Gasteiger partial charge in [-0.15, -0.1) is 0 Å². The summed E-state index contributed by atoms with van der Waals surface area (Å²) in [5.41, 5.74) is 5.06. The van der Waals surface area contributed by atoms with Crippen molar-refractivity contribution in [1.82, 2.24) is 15.2 Å². The molecule has 1 saturated heterocycles. The molecule has 28 heavy (non-hydrogen) atoms. The molecule has 2 heterocycles. The zero-order valence-electron chi connectivity index (χ0n) is 17.5. The fourth-order valence-corrected chi connectivity index (χ4v) is 3.79. The maximum atomic E-state index is 12.5. The van der Waals surface area contributed by atoms with Crippen LogP contribution in [-0.4, -0.2) is 42.1 Å². The van der Waals surface area contributed by atoms with Crippen LogP contribution in [-0.2, 0) is 6.54 Å². The molecule has 5 heteroatoms. The van der Waals surface area contributed by atoms with Crippen LogP contribution < -0.4 is 10.2 Å². The zero-order valence-corrected chi connectivity index (χ0v) is 17.5. The highest BCUT2D eigenvalue weighted by atomic mass is 16.2. The summed E-state index contributed by atoms with van der Waals surface area (Å²) in [7, 11) is 0. The van der Waals surface area contributed by atoms with Crippen molar-refractivity contribution in [2.75, 3.05) is 31.1 Å². The third kappa shape index (κ3) is 4.64. The summed E-state index contributed by atoms with van der Waals surface area (Å²) in [5.74, 6) is 0.960. The molecule has 3 rings (SSSR count). The lowest BCUT2D eigenvalue weighted by atomic mass is 9.91. The van der Waals surface area contributed by atoms with Crippen LogP contribution in [0.5, 0.6) is 0 Å². The first-order chi connectivity index (χ1) is 13.5. The third-order valence-corrected chi connectivity index (χ3v) is 5.37. The first kappa shape index (κ1) is 20.2. The van der Waals surface area contributed by atoms with Crippen molar-refractivity contribution in [3.8, 4) is 0 Å². The Morgan fingerprint density at radius 2 is 1.61 bits per heavy atom. The number of rotatable bonds is 5. The Kier molecular flexibility index (Phi) is 6.55. The number of nitrogens with one attached hydrogen (secondary N) is 1. The van der Waals surface area contributed by atoms with E-state index in [9.17, 15) is 4.79 Å². The van der Waals surface area contributed by atoms with Crippen LogP contribution in [0.4, 0.5) is 10.5 Å². The molecule has 5 nitrogen and oxygen atoms in total. The smallest absolute Gasteiger partial charge is 0.317 e. The summed E-state index contributed by atoms with van der Waals surface area (Å²) in [6.07, 6.45) is 1.75. The van der Waals surface area contributed by atoms with Gasteiger partial charge in [-0.2, -0.15) is 0 Å². The van der Waals surface area contributed by atoms with Crippen LogP contribution in [0.3, 0.4) is 0 Å². The largest absolute Gasteiger partial charge is 0.368 e. The van der Waals surface area contributed by atoms with E-state index in [1.54, 1.807) is 6.20 Å². The summed E-state index contributed by atoms with van der Waals surface area (Å²) in [6, 6.07) is 12.4. The number of urea groups is 1. The van der Waals surface area contributed by atoms with Gasteiger partial charge in [0.05, 0.1) is 12.2 Å². The molecule has 0 aliphatic carbocycles. The molecule has 2 aromatic rings. The molecule has 2 amide bonds. The van der Waals surface area contributed by atoms with E-state index in [2.05, 4.69) is 61.1 Å². The Hall–Kier alpha value is -2.56. The van der Waals surface area contributed by atoms with E-state index in [0.29, 0.717) is 18.4 Å². The molecule has 1 N–H and O–H groups in total. The van der Waals surface area contributed by atoms with Crippen LogP contribution >= 0.6 is 0 Å². The molecule has 1 aromatic heterocycles. The Morgan fingerprint density at radius 1 is 0.964 bits per heavy atom. The molecule has 150 valence electrons. The molecule has 0 atom stereocenters. The molecule has 1 aliphatic heterocycles. The van der Waals surface area contributed by atoms with Gasteiger partial charge in [-0.1, -0.05) is 52.0 Å². The summed E-state index contributed by atoms with van der Waals surface area (Å²) < 4.78 is 0. The summed E-state index contributed by atoms with van der Waals surface area (Å²) in [6.45, 7) is 12.7. The number of hydrogen-bond acceptors (Lipinski definition) is 3. The lowest BCUT2D eigenvalue weighted by Crippen LogP contribution is -2.52. The van der Waals surface area contributed by atoms with E-state index in [1.807, 2.05) is 23.1 Å². The number of anilines is 1. The number of nitrogens with zero attached hydrogens (tertiary/aromatic N) is 3. The van der Waals surface area contributed by atoms with Gasteiger partial charge in [-0.25, -0.2) is 4.79 Å². The van der Waals surface area contributed by atoms with Crippen molar-refractivity contribution in [3.63, 3.8) is 0 Å². The summed E-state index contributed by atoms with van der Waals surface area (Å²) in [5, 5.41) is 2.99. The quantitative estimate of drug-likeness (QED) is 0.838. The number of benzene rings is 1. The molecule has 0 radical (unpaired) electrons. The number of pyridine rings is 1. The fourth-order valence-electron chi connectivity index (χ4n) is 3.79. The highest BCUT2D eigenvalue weighted by molar-refractivity contribution is 5.74. The first-order valence-corrected chi connectivity index (χ1v) is 10.3. The normalized spacial score (nSPS) is 14.6. The van der Waals surface area contributed by atoms with E-state index in [0.717, 1.165) is 31.9 Å². The van der Waals surface area contributed by atoms with Crippen molar-refractivity contribution in [2.24, 2.45) is 0 Å². The predicted octanol–water partition coefficient (Wildman–Crippen LogP) is 4.36. The van der Waals surface area contributed by atoms with E-state index in [4.69, 9.17) is 0 Å². The van der Waals surface area contributed by atoms with Crippen LogP contribution in [0.25, 0.3) is 0 Å². The fraction of sp³-hybridized carbons (Fsp3) is 0.478. The monoisotopic (exact) mass is 380 g/mol. The third-order valence-electron chi connectivity index (χ3n) is 5.37. The average Bonchev–Trinajstić information content (AvgIpc) is 2.72. The standard InChI is InChI=1S/C23H32N4O/c1-17(2)20-9-7-10-21(18(3)4)22(20)26-12-14-27(15-13-26)23(28)25-16-19-8-5-6-11-24-19/h5-11,17-18H,12-16H2,1-4H3,(H,25,28). The number of para-hydroxylation sites is 1. The topological polar surface area (TPSA) is 48.5 Å². The van der Waals surface area contributed by atoms with Crippen molar-refractivity contribution in [1.29, 1.82) is 0 Å². The Labute approximate surface area is 168 Å². The lowest BCUT2D eigenvalue weighted by Gasteiger charge is -2.39. The van der Waals surface area contributed by atoms with Crippen molar-refractivity contribution in [2.45, 2.75) is 46.1 Å². The number of aromatic nitrogens is 1. The molecule has 0 saturated carbocycles. The van der Waals surface area contributed by atoms with Gasteiger partial charge in [-0.05, 0) is 35.1 Å². The number of carbonyl (C=O) groups is 1. The summed E-state index contributed by atoms with van der Waals surface area (Å²) >= 11 is 0. The Bertz CT molecular complexity index is 754. The molecule has 0 bridgehead atoms. The van der Waals surface area contributed by atoms with Crippen LogP contribution in [0.15, 0.2) is 42.6 Å². The van der Waals surface area contributed by atoms with Crippen molar-refractivity contribution in [3.05, 3.63) is 59.4 Å². The van der Waals surface area contributed by atoms with E-state index in [-0.39, 0.29) is 6.03 Å². The van der Waals surface area contributed by atoms with Crippen molar-refractivity contribution >= 4 is 11.7 Å². The van der Waals surface area contributed by atoms with Crippen LogP contribution in [0.2, 0.25) is 0 Å². The highest BCUT2D eigenvalue weighted by Gasteiger charge is 2.25. The zero-order chi connectivity index (χ0) is 20.1. The van der Waals surface area contributed by atoms with Gasteiger partial charge in [0.15, 0.2) is 0 Å². The summed E-state index contributed by atoms with van der Waals surface area (Å²) in [4.78, 5) is 21.2. The number of amides is 2. The average molecular weight is 381 g/mol. The minimum Gasteiger partial charge on any atom is -0.368 e. The van der Waals surface area contributed by atoms with Crippen LogP contribution in [0.1, 0.15) is 56.4 Å². The SMILES string of the molecule is CC(C)c1cccc(C(C)C)c1N1CCN(C(=O)NCc2ccccn2)CC1. The van der Waals surface area contributed by atoms with Gasteiger partial charge in [0.25, 0.3) is 0 Å². The highest BCUT2D eigenvalue weighted by Crippen LogP contribution is 2.35. The number of carbonyl (C=O) groups excluding carboxylic acids is 1. The number of hydrogen-bond donors (Lipinski definition) is 1. The molecular formula is C23H32N4O. The van der Waals surface area contributed by atoms with Crippen molar-refractivity contribution < 1.29 is 4.79 Å². The van der Waals surface area contributed by atoms with Gasteiger partial charge in [0.2, 0.25) is 0 Å². The molecule has 1 fully saturated rings. The Morgan fingerprint density at radius 3 is 2.14 bits per heavy atom. The second kappa shape index (κ2) is 9.09. The van der Waals surface area contributed by atoms with Crippen LogP contribution in [0, 0.1) is 0 Å². The van der Waals surface area contributed by atoms with E-state index < -0.39 is 0 Å². The minimum atomic E-state index is -0.00784. The van der Waals surface area contributed by atoms with Gasteiger partial charge < -0.3 is 15.1 Å². The van der Waals surface area contributed by atoms with Gasteiger partial charge in [-0.3, -0.25) is 4.98 Å². The van der Waals surface area contributed by atoms with Gasteiger partial charge in [0.1, 0.15) is 0 Å². The predicted molar refractivity (Wildman–Crippen MR) is 115 cm³/mol. The Balaban J connectivity index is 1.64. The first-order valence-electron chi connectivity index (χ1n) is 10.3. The van der Waals surface area contributed by atoms with E-state index >= 15 is 0 Å². The number of piperazine rings is 1. The lowest BCUT2D eigenvalue weighted by molar-refractivity contribution is 0.193. The maximum absolute atomic E-state index is 12.5. The molecule has 0 spiro atoms. The minimum absolute atomic E-state index is 0.00784. The van der Waals surface area contributed by atoms with E-state index in [1.165, 1.54) is 16.8 Å². The molecule has 1 aliphatic rings. The second-order valence-corrected chi connectivity index (χ2v) is 8.05. The maximum Gasteiger partial charge on any atom is 0.317 e. The van der Waals surface area contributed by atoms with Gasteiger partial charge >= 0.3 is 6.03 Å². The molecular weight excluding hydrogens is 348 g/mol. The second-order valence-electron chi connectivity index (χ2n) is 8.05.